The molecule has 0 aliphatic rings. The van der Waals surface area contributed by atoms with Crippen LogP contribution in [0.2, 0.25) is 0 Å². The Bertz CT molecular complexity index is 435. The first-order valence-corrected chi connectivity index (χ1v) is 6.89. The minimum Gasteiger partial charge on any atom is -0.497 e. The van der Waals surface area contributed by atoms with E-state index in [1.165, 1.54) is 0 Å². The lowest BCUT2D eigenvalue weighted by molar-refractivity contribution is 0.0751. The van der Waals surface area contributed by atoms with E-state index in [1.807, 2.05) is 11.8 Å². The average molecular weight is 280 g/mol. The number of carbonyl (C=O) groups excluding carboxylic acids is 1. The molecular formula is C15H24N2O3. The van der Waals surface area contributed by atoms with Crippen LogP contribution in [0.4, 0.5) is 0 Å². The number of nitrogens with two attached hydrogens (primary N) is 1. The van der Waals surface area contributed by atoms with Gasteiger partial charge in [-0.1, -0.05) is 6.92 Å². The van der Waals surface area contributed by atoms with Crippen molar-refractivity contribution in [2.75, 3.05) is 33.9 Å². The summed E-state index contributed by atoms with van der Waals surface area (Å²) in [5.74, 6) is 1.17. The van der Waals surface area contributed by atoms with E-state index in [2.05, 4.69) is 0 Å². The zero-order chi connectivity index (χ0) is 15.0. The normalized spacial score (nSPS) is 10.2. The van der Waals surface area contributed by atoms with Crippen LogP contribution >= 0.6 is 0 Å². The predicted molar refractivity (Wildman–Crippen MR) is 79.4 cm³/mol. The van der Waals surface area contributed by atoms with Gasteiger partial charge < -0.3 is 20.1 Å². The molecule has 1 amide bonds. The number of methoxy groups -OCH3 is 2. The maximum atomic E-state index is 12.6. The van der Waals surface area contributed by atoms with Crippen LogP contribution in [0.1, 0.15) is 30.1 Å². The van der Waals surface area contributed by atoms with Crippen molar-refractivity contribution in [2.45, 2.75) is 19.8 Å². The molecule has 5 heteroatoms. The second kappa shape index (κ2) is 8.43. The SMILES string of the molecule is CCCN(CCCN)C(=O)c1ccc(OC)cc1OC. The molecule has 1 rings (SSSR count). The molecule has 2 N–H and O–H groups in total. The molecule has 5 nitrogen and oxygen atoms in total. The van der Waals surface area contributed by atoms with E-state index in [4.69, 9.17) is 15.2 Å². The van der Waals surface area contributed by atoms with Crippen LogP contribution in [-0.4, -0.2) is 44.7 Å². The van der Waals surface area contributed by atoms with Gasteiger partial charge in [-0.05, 0) is 31.5 Å². The number of carbonyl (C=O) groups is 1. The van der Waals surface area contributed by atoms with Crippen LogP contribution in [0.25, 0.3) is 0 Å². The van der Waals surface area contributed by atoms with E-state index in [1.54, 1.807) is 32.4 Å². The van der Waals surface area contributed by atoms with E-state index >= 15 is 0 Å². The third-order valence-corrected chi connectivity index (χ3v) is 3.05. The van der Waals surface area contributed by atoms with Gasteiger partial charge >= 0.3 is 0 Å². The zero-order valence-corrected chi connectivity index (χ0v) is 12.5. The molecule has 0 saturated carbocycles. The zero-order valence-electron chi connectivity index (χ0n) is 12.5. The molecule has 0 aliphatic carbocycles. The van der Waals surface area contributed by atoms with Gasteiger partial charge in [0.05, 0.1) is 19.8 Å². The third-order valence-electron chi connectivity index (χ3n) is 3.05. The Balaban J connectivity index is 2.97. The van der Waals surface area contributed by atoms with Crippen molar-refractivity contribution < 1.29 is 14.3 Å². The number of rotatable bonds is 8. The summed E-state index contributed by atoms with van der Waals surface area (Å²) in [5, 5.41) is 0. The van der Waals surface area contributed by atoms with Gasteiger partial charge in [-0.15, -0.1) is 0 Å². The van der Waals surface area contributed by atoms with E-state index in [0.29, 0.717) is 36.7 Å². The van der Waals surface area contributed by atoms with E-state index < -0.39 is 0 Å². The lowest BCUT2D eigenvalue weighted by atomic mass is 10.1. The standard InChI is InChI=1S/C15H24N2O3/c1-4-9-17(10-5-8-16)15(18)13-7-6-12(19-2)11-14(13)20-3/h6-7,11H,4-5,8-10,16H2,1-3H3. The summed E-state index contributed by atoms with van der Waals surface area (Å²) in [6.07, 6.45) is 1.71. The molecule has 0 aromatic heterocycles. The van der Waals surface area contributed by atoms with Crippen LogP contribution in [0.15, 0.2) is 18.2 Å². The van der Waals surface area contributed by atoms with Gasteiger partial charge in [-0.25, -0.2) is 0 Å². The second-order valence-electron chi connectivity index (χ2n) is 4.50. The summed E-state index contributed by atoms with van der Waals surface area (Å²) in [4.78, 5) is 14.4. The molecule has 1 aromatic carbocycles. The largest absolute Gasteiger partial charge is 0.497 e. The maximum absolute atomic E-state index is 12.6. The van der Waals surface area contributed by atoms with Crippen molar-refractivity contribution in [3.05, 3.63) is 23.8 Å². The Hall–Kier alpha value is -1.75. The Kier molecular flexibility index (Phi) is 6.87. The van der Waals surface area contributed by atoms with Gasteiger partial charge in [-0.2, -0.15) is 0 Å². The maximum Gasteiger partial charge on any atom is 0.257 e. The summed E-state index contributed by atoms with van der Waals surface area (Å²) in [7, 11) is 3.14. The van der Waals surface area contributed by atoms with Gasteiger partial charge in [0.2, 0.25) is 0 Å². The third kappa shape index (κ3) is 4.13. The molecule has 0 fully saturated rings. The summed E-state index contributed by atoms with van der Waals surface area (Å²) in [6.45, 7) is 4.01. The van der Waals surface area contributed by atoms with Gasteiger partial charge in [0.25, 0.3) is 5.91 Å². The quantitative estimate of drug-likeness (QED) is 0.790. The van der Waals surface area contributed by atoms with Crippen LogP contribution in [0.5, 0.6) is 11.5 Å². The Morgan fingerprint density at radius 2 is 2.00 bits per heavy atom. The van der Waals surface area contributed by atoms with Crippen molar-refractivity contribution in [3.63, 3.8) is 0 Å². The van der Waals surface area contributed by atoms with Crippen LogP contribution in [0, 0.1) is 0 Å². The predicted octanol–water partition coefficient (Wildman–Crippen LogP) is 1.90. The minimum absolute atomic E-state index is 0.0280. The molecule has 0 atom stereocenters. The summed E-state index contributed by atoms with van der Waals surface area (Å²) >= 11 is 0. The fraction of sp³-hybridized carbons (Fsp3) is 0.533. The monoisotopic (exact) mass is 280 g/mol. The first kappa shape index (κ1) is 16.3. The molecule has 0 radical (unpaired) electrons. The number of ether oxygens (including phenoxy) is 2. The Morgan fingerprint density at radius 3 is 2.55 bits per heavy atom. The molecule has 0 unspecified atom stereocenters. The van der Waals surface area contributed by atoms with Gasteiger partial charge in [-0.3, -0.25) is 4.79 Å². The Labute approximate surface area is 120 Å². The average Bonchev–Trinajstić information content (AvgIpc) is 2.50. The van der Waals surface area contributed by atoms with Gasteiger partial charge in [0, 0.05) is 19.2 Å². The lowest BCUT2D eigenvalue weighted by Gasteiger charge is -2.23. The van der Waals surface area contributed by atoms with Crippen molar-refractivity contribution >= 4 is 5.91 Å². The Morgan fingerprint density at radius 1 is 1.25 bits per heavy atom. The van der Waals surface area contributed by atoms with Crippen molar-refractivity contribution in [2.24, 2.45) is 5.73 Å². The molecule has 0 bridgehead atoms. The molecule has 20 heavy (non-hydrogen) atoms. The second-order valence-corrected chi connectivity index (χ2v) is 4.50. The van der Waals surface area contributed by atoms with Crippen LogP contribution < -0.4 is 15.2 Å². The highest BCUT2D eigenvalue weighted by Gasteiger charge is 2.19. The molecule has 112 valence electrons. The highest BCUT2D eigenvalue weighted by Crippen LogP contribution is 2.25. The van der Waals surface area contributed by atoms with Crippen molar-refractivity contribution in [3.8, 4) is 11.5 Å². The van der Waals surface area contributed by atoms with E-state index in [9.17, 15) is 4.79 Å². The van der Waals surface area contributed by atoms with Crippen LogP contribution in [-0.2, 0) is 0 Å². The minimum atomic E-state index is -0.0280. The smallest absolute Gasteiger partial charge is 0.257 e. The number of benzene rings is 1. The van der Waals surface area contributed by atoms with Crippen molar-refractivity contribution in [1.82, 2.24) is 4.90 Å². The first-order valence-electron chi connectivity index (χ1n) is 6.89. The first-order chi connectivity index (χ1) is 9.67. The van der Waals surface area contributed by atoms with Gasteiger partial charge in [0.1, 0.15) is 11.5 Å². The highest BCUT2D eigenvalue weighted by molar-refractivity contribution is 5.97. The molecule has 0 heterocycles. The molecular weight excluding hydrogens is 256 g/mol. The van der Waals surface area contributed by atoms with Crippen molar-refractivity contribution in [1.29, 1.82) is 0 Å². The van der Waals surface area contributed by atoms with Crippen LogP contribution in [0.3, 0.4) is 0 Å². The lowest BCUT2D eigenvalue weighted by Crippen LogP contribution is -2.33. The molecule has 0 saturated heterocycles. The number of hydrogen-bond acceptors (Lipinski definition) is 4. The number of nitrogens with zero attached hydrogens (tertiary/aromatic N) is 1. The number of amides is 1. The fourth-order valence-electron chi connectivity index (χ4n) is 2.01. The van der Waals surface area contributed by atoms with E-state index in [0.717, 1.165) is 12.8 Å². The number of hydrogen-bond donors (Lipinski definition) is 1. The molecule has 0 aliphatic heterocycles. The molecule has 1 aromatic rings. The highest BCUT2D eigenvalue weighted by atomic mass is 16.5. The molecule has 0 spiro atoms. The van der Waals surface area contributed by atoms with Gasteiger partial charge in [0.15, 0.2) is 0 Å². The van der Waals surface area contributed by atoms with E-state index in [-0.39, 0.29) is 5.91 Å². The summed E-state index contributed by atoms with van der Waals surface area (Å²) in [5.41, 5.74) is 6.08. The topological polar surface area (TPSA) is 64.8 Å². The summed E-state index contributed by atoms with van der Waals surface area (Å²) in [6, 6.07) is 5.23. The summed E-state index contributed by atoms with van der Waals surface area (Å²) < 4.78 is 10.4. The fourth-order valence-corrected chi connectivity index (χ4v) is 2.01.